The molecule has 2 aromatic carbocycles. The molecule has 3 rings (SSSR count). The highest BCUT2D eigenvalue weighted by Gasteiger charge is 2.21. The topological polar surface area (TPSA) is 24.7 Å². The van der Waals surface area contributed by atoms with E-state index in [-0.39, 0.29) is 6.04 Å². The average molecular weight is 246 g/mol. The van der Waals surface area contributed by atoms with Gasteiger partial charge in [0.05, 0.1) is 6.20 Å². The van der Waals surface area contributed by atoms with E-state index in [1.165, 1.54) is 0 Å². The van der Waals surface area contributed by atoms with Crippen LogP contribution in [0.5, 0.6) is 0 Å². The van der Waals surface area contributed by atoms with Crippen LogP contribution in [0.15, 0.2) is 89.2 Å². The summed E-state index contributed by atoms with van der Waals surface area (Å²) >= 11 is 0. The molecule has 2 aromatic rings. The van der Waals surface area contributed by atoms with E-state index in [2.05, 4.69) is 41.1 Å². The zero-order valence-corrected chi connectivity index (χ0v) is 10.5. The van der Waals surface area contributed by atoms with E-state index in [1.54, 1.807) is 6.20 Å². The van der Waals surface area contributed by atoms with Crippen LogP contribution in [0.1, 0.15) is 17.2 Å². The quantitative estimate of drug-likeness (QED) is 0.727. The lowest BCUT2D eigenvalue weighted by molar-refractivity contribution is 0.797. The molecule has 0 amide bonds. The second-order valence-corrected chi connectivity index (χ2v) is 4.48. The predicted molar refractivity (Wildman–Crippen MR) is 77.6 cm³/mol. The average Bonchev–Trinajstić information content (AvgIpc) is 2.49. The molecule has 1 aliphatic rings. The highest BCUT2D eigenvalue weighted by molar-refractivity contribution is 5.80. The molecule has 0 aliphatic carbocycles. The summed E-state index contributed by atoms with van der Waals surface area (Å²) in [5, 5.41) is 8.45. The molecule has 1 heterocycles. The van der Waals surface area contributed by atoms with Gasteiger partial charge in [0.25, 0.3) is 0 Å². The SMILES string of the molecule is C=C1C(c2ccccc2)=CN=NC1c1ccccc1. The van der Waals surface area contributed by atoms with E-state index in [0.29, 0.717) is 0 Å². The minimum Gasteiger partial charge on any atom is -0.176 e. The zero-order valence-electron chi connectivity index (χ0n) is 10.5. The largest absolute Gasteiger partial charge is 0.176 e. The molecule has 0 saturated carbocycles. The second kappa shape index (κ2) is 5.02. The minimum absolute atomic E-state index is 0.0820. The number of hydrogen-bond donors (Lipinski definition) is 0. The summed E-state index contributed by atoms with van der Waals surface area (Å²) in [6.45, 7) is 4.21. The maximum Gasteiger partial charge on any atom is 0.121 e. The number of hydrogen-bond acceptors (Lipinski definition) is 2. The van der Waals surface area contributed by atoms with Crippen molar-refractivity contribution in [1.82, 2.24) is 0 Å². The number of nitrogens with zero attached hydrogens (tertiary/aromatic N) is 2. The summed E-state index contributed by atoms with van der Waals surface area (Å²) in [5.41, 5.74) is 4.31. The molecule has 0 saturated heterocycles. The lowest BCUT2D eigenvalue weighted by Gasteiger charge is -2.20. The van der Waals surface area contributed by atoms with Crippen LogP contribution in [0.2, 0.25) is 0 Å². The van der Waals surface area contributed by atoms with E-state index in [9.17, 15) is 0 Å². The van der Waals surface area contributed by atoms with Gasteiger partial charge < -0.3 is 0 Å². The third-order valence-corrected chi connectivity index (χ3v) is 3.25. The van der Waals surface area contributed by atoms with Crippen molar-refractivity contribution in [2.24, 2.45) is 10.2 Å². The van der Waals surface area contributed by atoms with Crippen LogP contribution in [-0.2, 0) is 0 Å². The van der Waals surface area contributed by atoms with Crippen LogP contribution in [0.4, 0.5) is 0 Å². The van der Waals surface area contributed by atoms with Crippen LogP contribution in [0, 0.1) is 0 Å². The molecule has 1 aliphatic heterocycles. The van der Waals surface area contributed by atoms with Crippen molar-refractivity contribution < 1.29 is 0 Å². The molecule has 19 heavy (non-hydrogen) atoms. The Morgan fingerprint density at radius 1 is 0.842 bits per heavy atom. The van der Waals surface area contributed by atoms with Crippen LogP contribution >= 0.6 is 0 Å². The summed E-state index contributed by atoms with van der Waals surface area (Å²) < 4.78 is 0. The van der Waals surface area contributed by atoms with Gasteiger partial charge in [0.15, 0.2) is 0 Å². The van der Waals surface area contributed by atoms with Crippen LogP contribution in [0.3, 0.4) is 0 Å². The molecular weight excluding hydrogens is 232 g/mol. The van der Waals surface area contributed by atoms with Crippen LogP contribution in [-0.4, -0.2) is 0 Å². The van der Waals surface area contributed by atoms with Crippen molar-refractivity contribution in [2.75, 3.05) is 0 Å². The minimum atomic E-state index is -0.0820. The first-order valence-corrected chi connectivity index (χ1v) is 6.26. The number of azo groups is 1. The Kier molecular flexibility index (Phi) is 3.07. The predicted octanol–water partition coefficient (Wildman–Crippen LogP) is 4.79. The molecule has 0 N–H and O–H groups in total. The summed E-state index contributed by atoms with van der Waals surface area (Å²) in [6.07, 6.45) is 1.79. The van der Waals surface area contributed by atoms with Crippen molar-refractivity contribution in [3.63, 3.8) is 0 Å². The maximum atomic E-state index is 4.31. The van der Waals surface area contributed by atoms with E-state index in [4.69, 9.17) is 0 Å². The van der Waals surface area contributed by atoms with E-state index < -0.39 is 0 Å². The van der Waals surface area contributed by atoms with Crippen molar-refractivity contribution >= 4 is 5.57 Å². The van der Waals surface area contributed by atoms with Gasteiger partial charge in [0, 0.05) is 5.57 Å². The molecule has 2 heteroatoms. The highest BCUT2D eigenvalue weighted by Crippen LogP contribution is 2.37. The van der Waals surface area contributed by atoms with Crippen molar-refractivity contribution in [3.05, 3.63) is 90.1 Å². The number of rotatable bonds is 2. The Bertz CT molecular complexity index is 639. The van der Waals surface area contributed by atoms with Crippen LogP contribution in [0.25, 0.3) is 5.57 Å². The Morgan fingerprint density at radius 2 is 1.47 bits per heavy atom. The molecule has 1 atom stereocenters. The molecule has 92 valence electrons. The fraction of sp³-hybridized carbons (Fsp3) is 0.0588. The normalized spacial score (nSPS) is 18.2. The Morgan fingerprint density at radius 3 is 2.16 bits per heavy atom. The summed E-state index contributed by atoms with van der Waals surface area (Å²) in [6, 6.07) is 20.2. The summed E-state index contributed by atoms with van der Waals surface area (Å²) in [5.74, 6) is 0. The molecule has 0 fully saturated rings. The molecular formula is C17H14N2. The monoisotopic (exact) mass is 246 g/mol. The smallest absolute Gasteiger partial charge is 0.121 e. The lowest BCUT2D eigenvalue weighted by atomic mass is 9.90. The van der Waals surface area contributed by atoms with Gasteiger partial charge in [-0.05, 0) is 16.7 Å². The molecule has 2 nitrogen and oxygen atoms in total. The first-order valence-electron chi connectivity index (χ1n) is 6.26. The highest BCUT2D eigenvalue weighted by atomic mass is 15.1. The standard InChI is InChI=1S/C17H14N2/c1-13-16(14-8-4-2-5-9-14)12-18-19-17(13)15-10-6-3-7-11-15/h2-12,17H,1H2. The third kappa shape index (κ3) is 2.25. The van der Waals surface area contributed by atoms with Gasteiger partial charge in [-0.1, -0.05) is 67.2 Å². The summed E-state index contributed by atoms with van der Waals surface area (Å²) in [7, 11) is 0. The molecule has 0 spiro atoms. The number of benzene rings is 2. The van der Waals surface area contributed by atoms with Crippen LogP contribution < -0.4 is 0 Å². The van der Waals surface area contributed by atoms with Crippen molar-refractivity contribution in [2.45, 2.75) is 6.04 Å². The van der Waals surface area contributed by atoms with Gasteiger partial charge in [0.1, 0.15) is 6.04 Å². The molecule has 0 bridgehead atoms. The maximum absolute atomic E-state index is 4.31. The first kappa shape index (κ1) is 11.6. The van der Waals surface area contributed by atoms with Crippen molar-refractivity contribution in [3.8, 4) is 0 Å². The van der Waals surface area contributed by atoms with Gasteiger partial charge in [-0.15, -0.1) is 0 Å². The summed E-state index contributed by atoms with van der Waals surface area (Å²) in [4.78, 5) is 0. The van der Waals surface area contributed by atoms with Gasteiger partial charge >= 0.3 is 0 Å². The Labute approximate surface area is 112 Å². The van der Waals surface area contributed by atoms with Gasteiger partial charge in [-0.3, -0.25) is 0 Å². The molecule has 1 unspecified atom stereocenters. The van der Waals surface area contributed by atoms with Gasteiger partial charge in [-0.2, -0.15) is 10.2 Å². The second-order valence-electron chi connectivity index (χ2n) is 4.48. The van der Waals surface area contributed by atoms with E-state index in [0.717, 1.165) is 22.3 Å². The molecule has 0 aromatic heterocycles. The fourth-order valence-corrected chi connectivity index (χ4v) is 2.24. The first-order chi connectivity index (χ1) is 9.36. The zero-order chi connectivity index (χ0) is 13.1. The van der Waals surface area contributed by atoms with Gasteiger partial charge in [-0.25, -0.2) is 0 Å². The van der Waals surface area contributed by atoms with Crippen molar-refractivity contribution in [1.29, 1.82) is 0 Å². The fourth-order valence-electron chi connectivity index (χ4n) is 2.24. The Hall–Kier alpha value is -2.48. The Balaban J connectivity index is 1.97. The van der Waals surface area contributed by atoms with E-state index in [1.807, 2.05) is 36.4 Å². The van der Waals surface area contributed by atoms with Gasteiger partial charge in [0.2, 0.25) is 0 Å². The molecule has 0 radical (unpaired) electrons. The van der Waals surface area contributed by atoms with E-state index >= 15 is 0 Å². The third-order valence-electron chi connectivity index (χ3n) is 3.25. The lowest BCUT2D eigenvalue weighted by Crippen LogP contribution is -2.03.